The predicted octanol–water partition coefficient (Wildman–Crippen LogP) is 3.49. The topological polar surface area (TPSA) is 12.0 Å². The third-order valence-corrected chi connectivity index (χ3v) is 6.02. The summed E-state index contributed by atoms with van der Waals surface area (Å²) in [6, 6.07) is 0.908. The van der Waals surface area contributed by atoms with Gasteiger partial charge in [0.05, 0.1) is 0 Å². The van der Waals surface area contributed by atoms with Gasteiger partial charge in [0, 0.05) is 11.6 Å². The fraction of sp³-hybridized carbons (Fsp3) is 1.00. The summed E-state index contributed by atoms with van der Waals surface area (Å²) < 4.78 is 0. The summed E-state index contributed by atoms with van der Waals surface area (Å²) in [5.74, 6) is 2.15. The van der Waals surface area contributed by atoms with Crippen LogP contribution in [0.5, 0.6) is 0 Å². The highest BCUT2D eigenvalue weighted by molar-refractivity contribution is 5.12. The summed E-state index contributed by atoms with van der Waals surface area (Å²) in [7, 11) is 0. The molecular weight excluding hydrogens is 194 g/mol. The number of nitrogens with one attached hydrogen (secondary N) is 1. The van der Waals surface area contributed by atoms with E-state index in [1.807, 2.05) is 0 Å². The summed E-state index contributed by atoms with van der Waals surface area (Å²) in [5, 5.41) is 4.06. The van der Waals surface area contributed by atoms with E-state index in [-0.39, 0.29) is 0 Å². The van der Waals surface area contributed by atoms with E-state index in [9.17, 15) is 0 Å². The van der Waals surface area contributed by atoms with Crippen LogP contribution in [0.4, 0.5) is 0 Å². The van der Waals surface area contributed by atoms with Crippen LogP contribution in [0.3, 0.4) is 0 Å². The van der Waals surface area contributed by atoms with Gasteiger partial charge in [0.2, 0.25) is 0 Å². The lowest BCUT2D eigenvalue weighted by molar-refractivity contribution is -0.0839. The molecule has 5 aliphatic carbocycles. The Morgan fingerprint density at radius 3 is 2.31 bits per heavy atom. The van der Waals surface area contributed by atoms with Crippen LogP contribution >= 0.6 is 0 Å². The van der Waals surface area contributed by atoms with Crippen molar-refractivity contribution >= 4 is 0 Å². The lowest BCUT2D eigenvalue weighted by atomic mass is 9.46. The predicted molar refractivity (Wildman–Crippen MR) is 66.3 cm³/mol. The van der Waals surface area contributed by atoms with Crippen molar-refractivity contribution in [3.63, 3.8) is 0 Å². The van der Waals surface area contributed by atoms with Crippen molar-refractivity contribution in [2.75, 3.05) is 0 Å². The Morgan fingerprint density at radius 2 is 1.75 bits per heavy atom. The van der Waals surface area contributed by atoms with E-state index in [1.165, 1.54) is 38.5 Å². The standard InChI is InChI=1S/C15H25N/c1-2-14-6-11-5-12(7-14)9-15(8-11,10-14)16-13-3-4-13/h11-13,16H,2-10H2,1H3. The van der Waals surface area contributed by atoms with Gasteiger partial charge in [-0.25, -0.2) is 0 Å². The molecule has 90 valence electrons. The van der Waals surface area contributed by atoms with Gasteiger partial charge in [-0.1, -0.05) is 13.3 Å². The molecule has 5 aliphatic rings. The summed E-state index contributed by atoms with van der Waals surface area (Å²) in [5.41, 5.74) is 1.35. The first-order valence-electron chi connectivity index (χ1n) is 7.49. The Morgan fingerprint density at radius 1 is 1.06 bits per heavy atom. The van der Waals surface area contributed by atoms with Crippen LogP contribution in [0.25, 0.3) is 0 Å². The SMILES string of the molecule is CCC12CC3CC(C1)CC(NC1CC1)(C3)C2. The van der Waals surface area contributed by atoms with Crippen molar-refractivity contribution in [2.24, 2.45) is 17.3 Å². The minimum atomic E-state index is 0.598. The third-order valence-electron chi connectivity index (χ3n) is 6.02. The Balaban J connectivity index is 1.63. The second-order valence-electron chi connectivity index (χ2n) is 7.51. The second kappa shape index (κ2) is 3.04. The van der Waals surface area contributed by atoms with Crippen LogP contribution in [0.2, 0.25) is 0 Å². The zero-order valence-corrected chi connectivity index (χ0v) is 10.6. The molecule has 0 aromatic carbocycles. The average molecular weight is 219 g/mol. The lowest BCUT2D eigenvalue weighted by Gasteiger charge is -2.62. The first-order chi connectivity index (χ1) is 7.71. The molecule has 0 aromatic rings. The molecule has 0 amide bonds. The number of hydrogen-bond acceptors (Lipinski definition) is 1. The molecule has 2 unspecified atom stereocenters. The van der Waals surface area contributed by atoms with Crippen molar-refractivity contribution in [1.82, 2.24) is 5.32 Å². The third kappa shape index (κ3) is 1.40. The number of hydrogen-bond donors (Lipinski definition) is 1. The molecule has 0 aromatic heterocycles. The Bertz CT molecular complexity index is 285. The Labute approximate surface area is 99.4 Å². The highest BCUT2D eigenvalue weighted by atomic mass is 15.1. The highest BCUT2D eigenvalue weighted by Crippen LogP contribution is 2.63. The van der Waals surface area contributed by atoms with Crippen LogP contribution in [0.15, 0.2) is 0 Å². The molecule has 2 atom stereocenters. The van der Waals surface area contributed by atoms with Crippen LogP contribution in [0.1, 0.15) is 64.7 Å². The maximum atomic E-state index is 4.06. The zero-order chi connectivity index (χ0) is 10.8. The summed E-state index contributed by atoms with van der Waals surface area (Å²) in [6.45, 7) is 2.44. The van der Waals surface area contributed by atoms with E-state index in [0.717, 1.165) is 23.3 Å². The smallest absolute Gasteiger partial charge is 0.0194 e. The molecule has 5 fully saturated rings. The number of rotatable bonds is 3. The van der Waals surface area contributed by atoms with Gasteiger partial charge in [0.1, 0.15) is 0 Å². The minimum Gasteiger partial charge on any atom is -0.308 e. The highest BCUT2D eigenvalue weighted by Gasteiger charge is 2.57. The molecular formula is C15H25N. The van der Waals surface area contributed by atoms with Gasteiger partial charge in [-0.05, 0) is 68.6 Å². The molecule has 1 heteroatoms. The molecule has 0 radical (unpaired) electrons. The van der Waals surface area contributed by atoms with Gasteiger partial charge in [0.15, 0.2) is 0 Å². The van der Waals surface area contributed by atoms with Crippen LogP contribution < -0.4 is 5.32 Å². The van der Waals surface area contributed by atoms with E-state index in [1.54, 1.807) is 19.3 Å². The van der Waals surface area contributed by atoms with Crippen LogP contribution in [-0.4, -0.2) is 11.6 Å². The molecule has 0 saturated heterocycles. The maximum Gasteiger partial charge on any atom is 0.0194 e. The van der Waals surface area contributed by atoms with Crippen molar-refractivity contribution < 1.29 is 0 Å². The van der Waals surface area contributed by atoms with Gasteiger partial charge >= 0.3 is 0 Å². The van der Waals surface area contributed by atoms with Crippen molar-refractivity contribution in [3.8, 4) is 0 Å². The molecule has 1 nitrogen and oxygen atoms in total. The van der Waals surface area contributed by atoms with Gasteiger partial charge in [-0.3, -0.25) is 0 Å². The van der Waals surface area contributed by atoms with E-state index in [2.05, 4.69) is 12.2 Å². The largest absolute Gasteiger partial charge is 0.308 e. The first kappa shape index (κ1) is 9.94. The Kier molecular flexibility index (Phi) is 1.89. The van der Waals surface area contributed by atoms with E-state index in [4.69, 9.17) is 0 Å². The molecule has 5 saturated carbocycles. The Hall–Kier alpha value is -0.0400. The second-order valence-corrected chi connectivity index (χ2v) is 7.51. The molecule has 1 N–H and O–H groups in total. The van der Waals surface area contributed by atoms with Gasteiger partial charge < -0.3 is 5.32 Å². The molecule has 4 bridgehead atoms. The van der Waals surface area contributed by atoms with Gasteiger partial charge in [-0.15, -0.1) is 0 Å². The normalized spacial score (nSPS) is 54.6. The van der Waals surface area contributed by atoms with Crippen LogP contribution in [-0.2, 0) is 0 Å². The maximum absolute atomic E-state index is 4.06. The fourth-order valence-electron chi connectivity index (χ4n) is 5.70. The fourth-order valence-corrected chi connectivity index (χ4v) is 5.70. The van der Waals surface area contributed by atoms with E-state index >= 15 is 0 Å². The lowest BCUT2D eigenvalue weighted by Crippen LogP contribution is -2.62. The quantitative estimate of drug-likeness (QED) is 0.766. The van der Waals surface area contributed by atoms with E-state index in [0.29, 0.717) is 5.54 Å². The van der Waals surface area contributed by atoms with Gasteiger partial charge in [-0.2, -0.15) is 0 Å². The zero-order valence-electron chi connectivity index (χ0n) is 10.6. The molecule has 16 heavy (non-hydrogen) atoms. The van der Waals surface area contributed by atoms with Crippen molar-refractivity contribution in [1.29, 1.82) is 0 Å². The summed E-state index contributed by atoms with van der Waals surface area (Å²) in [6.07, 6.45) is 13.6. The monoisotopic (exact) mass is 219 g/mol. The average Bonchev–Trinajstić information content (AvgIpc) is 2.99. The molecule has 0 heterocycles. The van der Waals surface area contributed by atoms with Crippen molar-refractivity contribution in [2.45, 2.75) is 76.3 Å². The minimum absolute atomic E-state index is 0.598. The van der Waals surface area contributed by atoms with E-state index < -0.39 is 0 Å². The van der Waals surface area contributed by atoms with Gasteiger partial charge in [0.25, 0.3) is 0 Å². The molecule has 5 rings (SSSR count). The molecule has 0 aliphatic heterocycles. The van der Waals surface area contributed by atoms with Crippen molar-refractivity contribution in [3.05, 3.63) is 0 Å². The summed E-state index contributed by atoms with van der Waals surface area (Å²) >= 11 is 0. The summed E-state index contributed by atoms with van der Waals surface area (Å²) in [4.78, 5) is 0. The molecule has 0 spiro atoms. The van der Waals surface area contributed by atoms with Crippen LogP contribution in [0, 0.1) is 17.3 Å². The first-order valence-corrected chi connectivity index (χ1v) is 7.49.